The third kappa shape index (κ3) is 2.70. The predicted octanol–water partition coefficient (Wildman–Crippen LogP) is 2.56. The molecule has 5 nitrogen and oxygen atoms in total. The lowest BCUT2D eigenvalue weighted by atomic mass is 9.76. The van der Waals surface area contributed by atoms with Crippen LogP contribution < -0.4 is 0 Å². The molecular formula is C14H17BrN2O3. The van der Waals surface area contributed by atoms with Crippen LogP contribution >= 0.6 is 15.9 Å². The van der Waals surface area contributed by atoms with Crippen molar-refractivity contribution in [2.24, 2.45) is 5.41 Å². The molecule has 1 fully saturated rings. The number of amides is 1. The second-order valence-electron chi connectivity index (χ2n) is 5.67. The van der Waals surface area contributed by atoms with Crippen LogP contribution in [0.3, 0.4) is 0 Å². The van der Waals surface area contributed by atoms with Crippen LogP contribution in [0.15, 0.2) is 22.9 Å². The number of piperidine rings is 1. The van der Waals surface area contributed by atoms with Crippen molar-refractivity contribution in [1.82, 2.24) is 9.88 Å². The van der Waals surface area contributed by atoms with Crippen molar-refractivity contribution < 1.29 is 14.7 Å². The highest BCUT2D eigenvalue weighted by atomic mass is 79.9. The zero-order chi connectivity index (χ0) is 14.9. The van der Waals surface area contributed by atoms with E-state index < -0.39 is 17.4 Å². The fourth-order valence-electron chi connectivity index (χ4n) is 2.78. The molecule has 0 aromatic carbocycles. The van der Waals surface area contributed by atoms with Gasteiger partial charge < -0.3 is 10.0 Å². The maximum atomic E-state index is 12.6. The van der Waals surface area contributed by atoms with Crippen molar-refractivity contribution in [2.45, 2.75) is 32.7 Å². The van der Waals surface area contributed by atoms with E-state index in [9.17, 15) is 14.7 Å². The van der Waals surface area contributed by atoms with Gasteiger partial charge in [-0.25, -0.2) is 9.78 Å². The molecule has 1 aliphatic rings. The van der Waals surface area contributed by atoms with E-state index in [-0.39, 0.29) is 5.91 Å². The Morgan fingerprint density at radius 1 is 1.50 bits per heavy atom. The maximum Gasteiger partial charge on any atom is 0.326 e. The van der Waals surface area contributed by atoms with Crippen LogP contribution in [-0.4, -0.2) is 39.5 Å². The molecule has 1 aliphatic heterocycles. The second-order valence-corrected chi connectivity index (χ2v) is 6.42. The van der Waals surface area contributed by atoms with Gasteiger partial charge in [0.2, 0.25) is 0 Å². The predicted molar refractivity (Wildman–Crippen MR) is 77.4 cm³/mol. The van der Waals surface area contributed by atoms with Crippen molar-refractivity contribution in [3.05, 3.63) is 28.5 Å². The summed E-state index contributed by atoms with van der Waals surface area (Å²) in [6, 6.07) is 2.51. The monoisotopic (exact) mass is 340 g/mol. The van der Waals surface area contributed by atoms with Crippen molar-refractivity contribution in [1.29, 1.82) is 0 Å². The van der Waals surface area contributed by atoms with E-state index in [0.717, 1.165) is 12.8 Å². The minimum atomic E-state index is -0.955. The summed E-state index contributed by atoms with van der Waals surface area (Å²) in [4.78, 5) is 29.7. The van der Waals surface area contributed by atoms with Crippen LogP contribution in [0, 0.1) is 5.41 Å². The molecule has 1 aromatic heterocycles. The van der Waals surface area contributed by atoms with E-state index in [1.54, 1.807) is 18.3 Å². The minimum absolute atomic E-state index is 0.287. The lowest BCUT2D eigenvalue weighted by Gasteiger charge is -2.44. The van der Waals surface area contributed by atoms with Crippen LogP contribution in [-0.2, 0) is 4.79 Å². The van der Waals surface area contributed by atoms with Crippen molar-refractivity contribution in [3.63, 3.8) is 0 Å². The van der Waals surface area contributed by atoms with E-state index >= 15 is 0 Å². The van der Waals surface area contributed by atoms with Gasteiger partial charge in [0, 0.05) is 12.7 Å². The van der Waals surface area contributed by atoms with Crippen LogP contribution in [0.2, 0.25) is 0 Å². The summed E-state index contributed by atoms with van der Waals surface area (Å²) in [6.45, 7) is 4.24. The van der Waals surface area contributed by atoms with Gasteiger partial charge in [0.15, 0.2) is 0 Å². The molecule has 1 saturated heterocycles. The molecule has 1 aromatic rings. The molecule has 1 unspecified atom stereocenters. The molecule has 20 heavy (non-hydrogen) atoms. The lowest BCUT2D eigenvalue weighted by molar-refractivity contribution is -0.148. The number of rotatable bonds is 2. The van der Waals surface area contributed by atoms with E-state index in [1.165, 1.54) is 4.90 Å². The first-order chi connectivity index (χ1) is 9.34. The van der Waals surface area contributed by atoms with Crippen molar-refractivity contribution in [2.75, 3.05) is 6.54 Å². The van der Waals surface area contributed by atoms with Crippen LogP contribution in [0.4, 0.5) is 0 Å². The minimum Gasteiger partial charge on any atom is -0.480 e. The number of carboxylic acid groups (broad SMARTS) is 1. The molecule has 0 radical (unpaired) electrons. The third-order valence-corrected chi connectivity index (χ3v) is 4.39. The van der Waals surface area contributed by atoms with Gasteiger partial charge in [-0.3, -0.25) is 4.79 Å². The Morgan fingerprint density at radius 3 is 2.80 bits per heavy atom. The molecule has 0 saturated carbocycles. The summed E-state index contributed by atoms with van der Waals surface area (Å²) in [5, 5.41) is 9.49. The summed E-state index contributed by atoms with van der Waals surface area (Å²) in [7, 11) is 0. The first-order valence-corrected chi connectivity index (χ1v) is 7.28. The molecule has 2 heterocycles. The zero-order valence-corrected chi connectivity index (χ0v) is 13.1. The summed E-state index contributed by atoms with van der Waals surface area (Å²) in [5.74, 6) is -1.24. The number of hydrogen-bond donors (Lipinski definition) is 1. The highest BCUT2D eigenvalue weighted by Crippen LogP contribution is 2.36. The van der Waals surface area contributed by atoms with Gasteiger partial charge in [0.1, 0.15) is 10.6 Å². The van der Waals surface area contributed by atoms with Gasteiger partial charge in [-0.05, 0) is 46.3 Å². The lowest BCUT2D eigenvalue weighted by Crippen LogP contribution is -2.56. The molecule has 6 heteroatoms. The standard InChI is InChI=1S/C14H17BrN2O3/c1-14(2)6-4-8-17(10(14)13(19)20)12(18)9-5-3-7-16-11(9)15/h3,5,7,10H,4,6,8H2,1-2H3,(H,19,20). The van der Waals surface area contributed by atoms with Gasteiger partial charge in [-0.1, -0.05) is 13.8 Å². The number of carbonyl (C=O) groups is 2. The molecule has 1 N–H and O–H groups in total. The molecule has 0 spiro atoms. The van der Waals surface area contributed by atoms with Gasteiger partial charge in [0.05, 0.1) is 5.56 Å². The number of likely N-dealkylation sites (tertiary alicyclic amines) is 1. The third-order valence-electron chi connectivity index (χ3n) is 3.76. The van der Waals surface area contributed by atoms with E-state index in [4.69, 9.17) is 0 Å². The van der Waals surface area contributed by atoms with Crippen molar-refractivity contribution in [3.8, 4) is 0 Å². The van der Waals surface area contributed by atoms with Crippen LogP contribution in [0.5, 0.6) is 0 Å². The number of nitrogens with zero attached hydrogens (tertiary/aromatic N) is 2. The molecule has 1 amide bonds. The summed E-state index contributed by atoms with van der Waals surface area (Å²) in [6.07, 6.45) is 3.18. The fraction of sp³-hybridized carbons (Fsp3) is 0.500. The normalized spacial score (nSPS) is 21.6. The summed E-state index contributed by atoms with van der Waals surface area (Å²) >= 11 is 3.24. The Kier molecular flexibility index (Phi) is 4.13. The zero-order valence-electron chi connectivity index (χ0n) is 11.5. The Morgan fingerprint density at radius 2 is 2.20 bits per heavy atom. The smallest absolute Gasteiger partial charge is 0.326 e. The summed E-state index contributed by atoms with van der Waals surface area (Å²) in [5.41, 5.74) is -0.0366. The highest BCUT2D eigenvalue weighted by Gasteiger charge is 2.44. The fourth-order valence-corrected chi connectivity index (χ4v) is 3.20. The summed E-state index contributed by atoms with van der Waals surface area (Å²) < 4.78 is 0.442. The van der Waals surface area contributed by atoms with Gasteiger partial charge >= 0.3 is 5.97 Å². The molecule has 2 rings (SSSR count). The van der Waals surface area contributed by atoms with Crippen molar-refractivity contribution >= 4 is 27.8 Å². The average Bonchev–Trinajstić information content (AvgIpc) is 2.36. The van der Waals surface area contributed by atoms with Crippen LogP contribution in [0.1, 0.15) is 37.0 Å². The highest BCUT2D eigenvalue weighted by molar-refractivity contribution is 9.10. The molecular weight excluding hydrogens is 324 g/mol. The van der Waals surface area contributed by atoms with E-state index in [0.29, 0.717) is 16.7 Å². The number of aliphatic carboxylic acids is 1. The van der Waals surface area contributed by atoms with E-state index in [2.05, 4.69) is 20.9 Å². The Labute approximate surface area is 126 Å². The van der Waals surface area contributed by atoms with Gasteiger partial charge in [-0.2, -0.15) is 0 Å². The van der Waals surface area contributed by atoms with Gasteiger partial charge in [-0.15, -0.1) is 0 Å². The molecule has 0 bridgehead atoms. The maximum absolute atomic E-state index is 12.6. The number of hydrogen-bond acceptors (Lipinski definition) is 3. The number of halogens is 1. The van der Waals surface area contributed by atoms with Gasteiger partial charge in [0.25, 0.3) is 5.91 Å². The van der Waals surface area contributed by atoms with Crippen LogP contribution in [0.25, 0.3) is 0 Å². The first kappa shape index (κ1) is 15.0. The number of carbonyl (C=O) groups excluding carboxylic acids is 1. The molecule has 1 atom stereocenters. The Hall–Kier alpha value is -1.43. The quantitative estimate of drug-likeness (QED) is 0.840. The van der Waals surface area contributed by atoms with E-state index in [1.807, 2.05) is 13.8 Å². The number of aromatic nitrogens is 1. The average molecular weight is 341 g/mol. The number of pyridine rings is 1. The number of carboxylic acids is 1. The SMILES string of the molecule is CC1(C)CCCN(C(=O)c2cccnc2Br)C1C(=O)O. The largest absolute Gasteiger partial charge is 0.480 e. The topological polar surface area (TPSA) is 70.5 Å². The molecule has 0 aliphatic carbocycles. The Bertz CT molecular complexity index is 545. The molecule has 108 valence electrons. The second kappa shape index (κ2) is 5.52. The Balaban J connectivity index is 2.37. The first-order valence-electron chi connectivity index (χ1n) is 6.49.